The number of aliphatic hydroxyl groups is 1. The molecule has 1 unspecified atom stereocenters. The Bertz CT molecular complexity index is 201. The van der Waals surface area contributed by atoms with Gasteiger partial charge < -0.3 is 15.7 Å². The van der Waals surface area contributed by atoms with Crippen molar-refractivity contribution in [3.05, 3.63) is 0 Å². The van der Waals surface area contributed by atoms with Gasteiger partial charge in [-0.05, 0) is 34.6 Å². The Hall–Kier alpha value is -0.610. The fraction of sp³-hybridized carbons (Fsp3) is 0.909. The molecule has 0 aliphatic rings. The molecule has 0 aromatic carbocycles. The monoisotopic (exact) mass is 216 g/mol. The van der Waals surface area contributed by atoms with Gasteiger partial charge in [0.05, 0.1) is 6.10 Å². The number of nitrogens with one attached hydrogen (secondary N) is 2. The van der Waals surface area contributed by atoms with Gasteiger partial charge in [0.25, 0.3) is 0 Å². The summed E-state index contributed by atoms with van der Waals surface area (Å²) in [6.07, 6.45) is -0.000384. The standard InChI is InChI=1S/C11H24N2O2/c1-8(2)13-10(15)6-7-12-11(4,5)9(3)14/h8-9,12,14H,6-7H2,1-5H3,(H,13,15). The summed E-state index contributed by atoms with van der Waals surface area (Å²) in [6, 6.07) is 0.183. The van der Waals surface area contributed by atoms with E-state index < -0.39 is 6.10 Å². The molecule has 15 heavy (non-hydrogen) atoms. The maximum Gasteiger partial charge on any atom is 0.221 e. The molecule has 3 N–H and O–H groups in total. The summed E-state index contributed by atoms with van der Waals surface area (Å²) in [6.45, 7) is 10.0. The Labute approximate surface area is 92.4 Å². The second-order valence-electron chi connectivity index (χ2n) is 4.80. The summed E-state index contributed by atoms with van der Waals surface area (Å²) in [5.41, 5.74) is -0.349. The lowest BCUT2D eigenvalue weighted by Crippen LogP contribution is -2.49. The average molecular weight is 216 g/mol. The van der Waals surface area contributed by atoms with Crippen molar-refractivity contribution in [2.24, 2.45) is 0 Å². The molecule has 0 saturated carbocycles. The van der Waals surface area contributed by atoms with Crippen LogP contribution in [0.3, 0.4) is 0 Å². The van der Waals surface area contributed by atoms with Crippen LogP contribution in [0.2, 0.25) is 0 Å². The van der Waals surface area contributed by atoms with Crippen LogP contribution >= 0.6 is 0 Å². The molecule has 0 radical (unpaired) electrons. The first-order valence-corrected chi connectivity index (χ1v) is 5.48. The Morgan fingerprint density at radius 2 is 1.87 bits per heavy atom. The first-order chi connectivity index (χ1) is 6.75. The molecule has 4 heteroatoms. The molecule has 1 amide bonds. The highest BCUT2D eigenvalue weighted by atomic mass is 16.3. The van der Waals surface area contributed by atoms with E-state index in [-0.39, 0.29) is 17.5 Å². The summed E-state index contributed by atoms with van der Waals surface area (Å²) in [5, 5.41) is 15.4. The minimum Gasteiger partial charge on any atom is -0.392 e. The van der Waals surface area contributed by atoms with Crippen LogP contribution in [0.5, 0.6) is 0 Å². The van der Waals surface area contributed by atoms with Crippen LogP contribution in [-0.4, -0.2) is 35.2 Å². The zero-order valence-electron chi connectivity index (χ0n) is 10.4. The van der Waals surface area contributed by atoms with E-state index in [1.807, 2.05) is 27.7 Å². The third-order valence-electron chi connectivity index (χ3n) is 2.43. The van der Waals surface area contributed by atoms with Crippen molar-refractivity contribution in [1.82, 2.24) is 10.6 Å². The van der Waals surface area contributed by atoms with Crippen LogP contribution in [0.1, 0.15) is 41.0 Å². The van der Waals surface area contributed by atoms with Crippen LogP contribution in [0, 0.1) is 0 Å². The number of hydrogen-bond acceptors (Lipinski definition) is 3. The summed E-state index contributed by atoms with van der Waals surface area (Å²) in [7, 11) is 0. The van der Waals surface area contributed by atoms with Crippen molar-refractivity contribution < 1.29 is 9.90 Å². The average Bonchev–Trinajstić information content (AvgIpc) is 2.01. The van der Waals surface area contributed by atoms with Crippen molar-refractivity contribution >= 4 is 5.91 Å². The van der Waals surface area contributed by atoms with E-state index in [4.69, 9.17) is 0 Å². The Balaban J connectivity index is 3.75. The van der Waals surface area contributed by atoms with Crippen molar-refractivity contribution in [2.45, 2.75) is 58.7 Å². The first kappa shape index (κ1) is 14.4. The third-order valence-corrected chi connectivity index (χ3v) is 2.43. The van der Waals surface area contributed by atoms with Crippen molar-refractivity contribution in [3.8, 4) is 0 Å². The highest BCUT2D eigenvalue weighted by Gasteiger charge is 2.22. The van der Waals surface area contributed by atoms with Crippen LogP contribution in [0.25, 0.3) is 0 Å². The smallest absolute Gasteiger partial charge is 0.221 e. The van der Waals surface area contributed by atoms with E-state index in [0.29, 0.717) is 13.0 Å². The minimum atomic E-state index is -0.439. The number of hydrogen-bond donors (Lipinski definition) is 3. The quantitative estimate of drug-likeness (QED) is 0.611. The lowest BCUT2D eigenvalue weighted by molar-refractivity contribution is -0.121. The first-order valence-electron chi connectivity index (χ1n) is 5.48. The van der Waals surface area contributed by atoms with E-state index in [9.17, 15) is 9.90 Å². The number of carbonyl (C=O) groups excluding carboxylic acids is 1. The molecular weight excluding hydrogens is 192 g/mol. The van der Waals surface area contributed by atoms with Crippen LogP contribution in [0.15, 0.2) is 0 Å². The molecule has 0 rings (SSSR count). The van der Waals surface area contributed by atoms with E-state index in [1.54, 1.807) is 6.92 Å². The number of carbonyl (C=O) groups is 1. The normalized spacial score (nSPS) is 14.1. The molecule has 90 valence electrons. The molecule has 0 spiro atoms. The number of rotatable bonds is 6. The molecule has 0 aromatic rings. The second kappa shape index (κ2) is 6.08. The molecule has 0 aliphatic carbocycles. The highest BCUT2D eigenvalue weighted by Crippen LogP contribution is 2.07. The molecule has 1 atom stereocenters. The molecule has 0 heterocycles. The van der Waals surface area contributed by atoms with Crippen molar-refractivity contribution in [3.63, 3.8) is 0 Å². The third kappa shape index (κ3) is 6.47. The molecule has 0 aliphatic heterocycles. The van der Waals surface area contributed by atoms with Crippen LogP contribution in [-0.2, 0) is 4.79 Å². The van der Waals surface area contributed by atoms with Gasteiger partial charge in [0.2, 0.25) is 5.91 Å². The van der Waals surface area contributed by atoms with E-state index in [2.05, 4.69) is 10.6 Å². The van der Waals surface area contributed by atoms with Crippen LogP contribution in [0.4, 0.5) is 0 Å². The minimum absolute atomic E-state index is 0.0406. The fourth-order valence-corrected chi connectivity index (χ4v) is 1.04. The number of aliphatic hydroxyl groups excluding tert-OH is 1. The zero-order chi connectivity index (χ0) is 12.1. The largest absolute Gasteiger partial charge is 0.392 e. The highest BCUT2D eigenvalue weighted by molar-refractivity contribution is 5.76. The van der Waals surface area contributed by atoms with E-state index in [1.165, 1.54) is 0 Å². The van der Waals surface area contributed by atoms with Gasteiger partial charge in [-0.3, -0.25) is 4.79 Å². The summed E-state index contributed by atoms with van der Waals surface area (Å²) in [4.78, 5) is 11.3. The van der Waals surface area contributed by atoms with Gasteiger partial charge >= 0.3 is 0 Å². The zero-order valence-corrected chi connectivity index (χ0v) is 10.4. The Morgan fingerprint density at radius 3 is 2.27 bits per heavy atom. The van der Waals surface area contributed by atoms with Gasteiger partial charge in [-0.15, -0.1) is 0 Å². The maximum absolute atomic E-state index is 11.3. The fourth-order valence-electron chi connectivity index (χ4n) is 1.04. The number of amides is 1. The van der Waals surface area contributed by atoms with E-state index in [0.717, 1.165) is 0 Å². The lowest BCUT2D eigenvalue weighted by atomic mass is 9.99. The second-order valence-corrected chi connectivity index (χ2v) is 4.80. The lowest BCUT2D eigenvalue weighted by Gasteiger charge is -2.29. The molecule has 0 aromatic heterocycles. The SMILES string of the molecule is CC(C)NC(=O)CCNC(C)(C)C(C)O. The van der Waals surface area contributed by atoms with Gasteiger partial charge in [0, 0.05) is 24.5 Å². The molecule has 0 fully saturated rings. The van der Waals surface area contributed by atoms with Crippen molar-refractivity contribution in [2.75, 3.05) is 6.54 Å². The summed E-state index contributed by atoms with van der Waals surface area (Å²) >= 11 is 0. The summed E-state index contributed by atoms with van der Waals surface area (Å²) < 4.78 is 0. The van der Waals surface area contributed by atoms with Crippen LogP contribution < -0.4 is 10.6 Å². The van der Waals surface area contributed by atoms with Gasteiger partial charge in [-0.25, -0.2) is 0 Å². The van der Waals surface area contributed by atoms with Gasteiger partial charge in [0.1, 0.15) is 0 Å². The molecule has 4 nitrogen and oxygen atoms in total. The Kier molecular flexibility index (Phi) is 5.83. The predicted molar refractivity (Wildman–Crippen MR) is 61.7 cm³/mol. The molecular formula is C11H24N2O2. The van der Waals surface area contributed by atoms with Gasteiger partial charge in [0.15, 0.2) is 0 Å². The van der Waals surface area contributed by atoms with E-state index >= 15 is 0 Å². The molecule has 0 saturated heterocycles. The topological polar surface area (TPSA) is 61.4 Å². The predicted octanol–water partition coefficient (Wildman–Crippen LogP) is 0.650. The van der Waals surface area contributed by atoms with Gasteiger partial charge in [-0.2, -0.15) is 0 Å². The Morgan fingerprint density at radius 1 is 1.33 bits per heavy atom. The van der Waals surface area contributed by atoms with Gasteiger partial charge in [-0.1, -0.05) is 0 Å². The maximum atomic E-state index is 11.3. The summed E-state index contributed by atoms with van der Waals surface area (Å²) in [5.74, 6) is 0.0406. The van der Waals surface area contributed by atoms with Crippen molar-refractivity contribution in [1.29, 1.82) is 0 Å². The molecule has 0 bridgehead atoms.